The molecule has 0 radical (unpaired) electrons. The summed E-state index contributed by atoms with van der Waals surface area (Å²) in [6, 6.07) is 9.74. The minimum atomic E-state index is -4.70. The van der Waals surface area contributed by atoms with E-state index >= 15 is 0 Å². The molecule has 1 aliphatic heterocycles. The van der Waals surface area contributed by atoms with Crippen LogP contribution in [0.5, 0.6) is 0 Å². The second-order valence-corrected chi connectivity index (χ2v) is 9.99. The van der Waals surface area contributed by atoms with Crippen molar-refractivity contribution in [3.63, 3.8) is 0 Å². The molecule has 0 aliphatic carbocycles. The monoisotopic (exact) mass is 550 g/mol. The van der Waals surface area contributed by atoms with Gasteiger partial charge in [0, 0.05) is 62.7 Å². The number of hydrogen-bond donors (Lipinski definition) is 1. The van der Waals surface area contributed by atoms with Crippen LogP contribution < -0.4 is 10.2 Å². The number of aryl methyl sites for hydroxylation is 2. The van der Waals surface area contributed by atoms with Crippen LogP contribution in [-0.2, 0) is 15.8 Å². The van der Waals surface area contributed by atoms with Gasteiger partial charge in [0.15, 0.2) is 0 Å². The standard InChI is InChI=1S/C28H31F5N4O2/c1-18-5-4-6-19(2)25(18)37(12-11-36-9-7-27(29,30)8-10-36)26(39)20(3)13-24(38)35-23-15-21(17-34)14-22(16-23)28(31,32)33/h4-6,14-16,20H,7-13H2,1-3H3,(H,35,38). The Morgan fingerprint density at radius 2 is 1.74 bits per heavy atom. The molecule has 0 saturated carbocycles. The smallest absolute Gasteiger partial charge is 0.326 e. The summed E-state index contributed by atoms with van der Waals surface area (Å²) in [5.41, 5.74) is 0.808. The maximum absolute atomic E-state index is 13.6. The number of piperidine rings is 1. The van der Waals surface area contributed by atoms with Crippen molar-refractivity contribution in [1.82, 2.24) is 4.90 Å². The maximum atomic E-state index is 13.6. The summed E-state index contributed by atoms with van der Waals surface area (Å²) in [5.74, 6) is -4.57. The molecule has 2 aromatic rings. The van der Waals surface area contributed by atoms with Gasteiger partial charge in [-0.15, -0.1) is 0 Å². The van der Waals surface area contributed by atoms with Crippen LogP contribution in [0, 0.1) is 31.1 Å². The predicted octanol–water partition coefficient (Wildman–Crippen LogP) is 5.92. The molecule has 0 spiro atoms. The van der Waals surface area contributed by atoms with E-state index in [1.165, 1.54) is 0 Å². The average Bonchev–Trinajstić information content (AvgIpc) is 2.85. The van der Waals surface area contributed by atoms with Gasteiger partial charge in [-0.25, -0.2) is 8.78 Å². The molecule has 210 valence electrons. The van der Waals surface area contributed by atoms with Gasteiger partial charge < -0.3 is 15.1 Å². The van der Waals surface area contributed by atoms with Crippen LogP contribution in [0.4, 0.5) is 33.3 Å². The van der Waals surface area contributed by atoms with E-state index in [4.69, 9.17) is 5.26 Å². The maximum Gasteiger partial charge on any atom is 0.416 e. The van der Waals surface area contributed by atoms with Crippen molar-refractivity contribution < 1.29 is 31.5 Å². The molecular weight excluding hydrogens is 519 g/mol. The number of rotatable bonds is 8. The number of para-hydroxylation sites is 1. The Hall–Kier alpha value is -3.52. The SMILES string of the molecule is Cc1cccc(C)c1N(CCN1CCC(F)(F)CC1)C(=O)C(C)CC(=O)Nc1cc(C#N)cc(C(F)(F)F)c1. The zero-order valence-electron chi connectivity index (χ0n) is 22.0. The van der Waals surface area contributed by atoms with Gasteiger partial charge in [0.25, 0.3) is 5.92 Å². The molecule has 1 unspecified atom stereocenters. The lowest BCUT2D eigenvalue weighted by atomic mass is 10.0. The Balaban J connectivity index is 1.75. The fraction of sp³-hybridized carbons (Fsp3) is 0.464. The first kappa shape index (κ1) is 30.0. The van der Waals surface area contributed by atoms with Crippen molar-refractivity contribution in [3.05, 3.63) is 58.7 Å². The molecule has 1 atom stereocenters. The minimum absolute atomic E-state index is 0.195. The van der Waals surface area contributed by atoms with Gasteiger partial charge in [-0.2, -0.15) is 18.4 Å². The van der Waals surface area contributed by atoms with Gasteiger partial charge in [-0.1, -0.05) is 25.1 Å². The van der Waals surface area contributed by atoms with Gasteiger partial charge in [0.05, 0.1) is 17.2 Å². The van der Waals surface area contributed by atoms with Crippen LogP contribution in [0.25, 0.3) is 0 Å². The van der Waals surface area contributed by atoms with Crippen LogP contribution in [0.15, 0.2) is 36.4 Å². The van der Waals surface area contributed by atoms with E-state index in [0.717, 1.165) is 23.3 Å². The van der Waals surface area contributed by atoms with Gasteiger partial charge in [-0.3, -0.25) is 9.59 Å². The fourth-order valence-corrected chi connectivity index (χ4v) is 4.68. The Bertz CT molecular complexity index is 1230. The molecule has 0 aromatic heterocycles. The number of likely N-dealkylation sites (tertiary alicyclic amines) is 1. The third-order valence-electron chi connectivity index (χ3n) is 6.79. The number of carbonyl (C=O) groups is 2. The number of carbonyl (C=O) groups excluding carboxylic acids is 2. The van der Waals surface area contributed by atoms with Crippen molar-refractivity contribution in [2.75, 3.05) is 36.4 Å². The number of nitrogens with zero attached hydrogens (tertiary/aromatic N) is 3. The first-order valence-corrected chi connectivity index (χ1v) is 12.6. The number of nitrogens with one attached hydrogen (secondary N) is 1. The number of benzene rings is 2. The second-order valence-electron chi connectivity index (χ2n) is 9.99. The Labute approximate surface area is 224 Å². The fourth-order valence-electron chi connectivity index (χ4n) is 4.68. The van der Waals surface area contributed by atoms with Crippen LogP contribution in [-0.4, -0.2) is 48.8 Å². The summed E-state index contributed by atoms with van der Waals surface area (Å²) in [5, 5.41) is 11.4. The van der Waals surface area contributed by atoms with Gasteiger partial charge >= 0.3 is 6.18 Å². The Kier molecular flexibility index (Phi) is 9.33. The summed E-state index contributed by atoms with van der Waals surface area (Å²) in [6.07, 6.45) is -5.51. The third kappa shape index (κ3) is 7.99. The van der Waals surface area contributed by atoms with Crippen molar-refractivity contribution in [2.24, 2.45) is 5.92 Å². The van der Waals surface area contributed by atoms with Crippen LogP contribution in [0.1, 0.15) is 48.4 Å². The molecule has 1 fully saturated rings. The average molecular weight is 551 g/mol. The van der Waals surface area contributed by atoms with Crippen LogP contribution in [0.2, 0.25) is 0 Å². The first-order chi connectivity index (χ1) is 18.2. The van der Waals surface area contributed by atoms with E-state index in [1.54, 1.807) is 17.9 Å². The van der Waals surface area contributed by atoms with Crippen LogP contribution in [0.3, 0.4) is 0 Å². The predicted molar refractivity (Wildman–Crippen MR) is 137 cm³/mol. The van der Waals surface area contributed by atoms with E-state index in [9.17, 15) is 31.5 Å². The summed E-state index contributed by atoms with van der Waals surface area (Å²) < 4.78 is 66.7. The third-order valence-corrected chi connectivity index (χ3v) is 6.79. The topological polar surface area (TPSA) is 76.4 Å². The van der Waals surface area contributed by atoms with Gasteiger partial charge in [0.2, 0.25) is 11.8 Å². The molecule has 1 heterocycles. The normalized spacial score (nSPS) is 16.3. The van der Waals surface area contributed by atoms with E-state index in [1.807, 2.05) is 36.9 Å². The highest BCUT2D eigenvalue weighted by Gasteiger charge is 2.35. The highest BCUT2D eigenvalue weighted by molar-refractivity contribution is 6.00. The summed E-state index contributed by atoms with van der Waals surface area (Å²) in [6.45, 7) is 6.26. The molecule has 1 saturated heterocycles. The highest BCUT2D eigenvalue weighted by atomic mass is 19.4. The molecule has 2 aromatic carbocycles. The zero-order valence-corrected chi connectivity index (χ0v) is 22.0. The lowest BCUT2D eigenvalue weighted by molar-refractivity contribution is -0.137. The molecule has 1 N–H and O–H groups in total. The number of halogens is 5. The number of alkyl halides is 5. The lowest BCUT2D eigenvalue weighted by Crippen LogP contribution is -2.46. The van der Waals surface area contributed by atoms with Crippen molar-refractivity contribution >= 4 is 23.2 Å². The van der Waals surface area contributed by atoms with E-state index in [0.29, 0.717) is 18.3 Å². The molecule has 2 amide bonds. The Morgan fingerprint density at radius 3 is 2.31 bits per heavy atom. The summed E-state index contributed by atoms with van der Waals surface area (Å²) >= 11 is 0. The number of anilines is 2. The van der Waals surface area contributed by atoms with Crippen molar-refractivity contribution in [2.45, 2.75) is 52.1 Å². The van der Waals surface area contributed by atoms with Crippen molar-refractivity contribution in [1.29, 1.82) is 5.26 Å². The minimum Gasteiger partial charge on any atom is -0.326 e. The number of amides is 2. The van der Waals surface area contributed by atoms with Gasteiger partial charge in [-0.05, 0) is 43.2 Å². The quantitative estimate of drug-likeness (QED) is 0.414. The van der Waals surface area contributed by atoms with E-state index in [2.05, 4.69) is 5.32 Å². The highest BCUT2D eigenvalue weighted by Crippen LogP contribution is 2.32. The molecule has 3 rings (SSSR count). The second kappa shape index (κ2) is 12.1. The van der Waals surface area contributed by atoms with Crippen LogP contribution >= 0.6 is 0 Å². The van der Waals surface area contributed by atoms with Gasteiger partial charge in [0.1, 0.15) is 0 Å². The van der Waals surface area contributed by atoms with Crippen molar-refractivity contribution in [3.8, 4) is 6.07 Å². The largest absolute Gasteiger partial charge is 0.416 e. The number of hydrogen-bond acceptors (Lipinski definition) is 4. The molecule has 39 heavy (non-hydrogen) atoms. The first-order valence-electron chi connectivity index (χ1n) is 12.6. The summed E-state index contributed by atoms with van der Waals surface area (Å²) in [4.78, 5) is 29.8. The molecule has 1 aliphatic rings. The molecule has 6 nitrogen and oxygen atoms in total. The molecule has 0 bridgehead atoms. The molecule has 11 heteroatoms. The summed E-state index contributed by atoms with van der Waals surface area (Å²) in [7, 11) is 0. The van der Waals surface area contributed by atoms with E-state index in [-0.39, 0.29) is 56.1 Å². The zero-order chi connectivity index (χ0) is 29.0. The lowest BCUT2D eigenvalue weighted by Gasteiger charge is -2.35. The molecular formula is C28H31F5N4O2. The number of nitriles is 1. The van der Waals surface area contributed by atoms with E-state index < -0.39 is 29.5 Å². The Morgan fingerprint density at radius 1 is 1.13 bits per heavy atom.